The monoisotopic (exact) mass is 302 g/mol. The molecule has 1 aliphatic heterocycles. The summed E-state index contributed by atoms with van der Waals surface area (Å²) >= 11 is 0. The molecule has 21 heavy (non-hydrogen) atoms. The third-order valence-corrected chi connectivity index (χ3v) is 3.39. The summed E-state index contributed by atoms with van der Waals surface area (Å²) in [6, 6.07) is 6.05. The second-order valence-corrected chi connectivity index (χ2v) is 5.09. The van der Waals surface area contributed by atoms with Crippen LogP contribution in [0.2, 0.25) is 0 Å². The zero-order valence-corrected chi connectivity index (χ0v) is 11.4. The summed E-state index contributed by atoms with van der Waals surface area (Å²) in [6.07, 6.45) is -5.35. The van der Waals surface area contributed by atoms with E-state index in [0.29, 0.717) is 24.2 Å². The van der Waals surface area contributed by atoms with Crippen LogP contribution in [-0.2, 0) is 6.42 Å². The highest BCUT2D eigenvalue weighted by Gasteiger charge is 2.28. The number of β-amino-alcohol motifs (C(OH)–C–C–N with tert-alkyl or cyclic N) is 1. The fraction of sp³-hybridized carbons (Fsp3) is 0.500. The van der Waals surface area contributed by atoms with Crippen LogP contribution in [0.15, 0.2) is 24.3 Å². The van der Waals surface area contributed by atoms with Gasteiger partial charge in [0.25, 0.3) is 0 Å². The molecule has 0 aromatic heterocycles. The number of nitrogens with one attached hydrogen (secondary N) is 1. The van der Waals surface area contributed by atoms with Crippen LogP contribution in [0.3, 0.4) is 0 Å². The average molecular weight is 302 g/mol. The molecule has 0 radical (unpaired) electrons. The number of rotatable bonds is 3. The fourth-order valence-corrected chi connectivity index (χ4v) is 2.26. The standard InChI is InChI=1S/C14H17F3N2O2/c15-14(16,17)7-5-10-3-1-2-4-12(10)18-13(21)19-8-6-11(20)9-19/h1-4,11,20H,5-9H2,(H,18,21). The van der Waals surface area contributed by atoms with E-state index in [0.717, 1.165) is 0 Å². The van der Waals surface area contributed by atoms with Crippen molar-refractivity contribution < 1.29 is 23.1 Å². The molecule has 1 unspecified atom stereocenters. The lowest BCUT2D eigenvalue weighted by atomic mass is 10.1. The summed E-state index contributed by atoms with van der Waals surface area (Å²) in [4.78, 5) is 13.4. The molecule has 1 aromatic rings. The van der Waals surface area contributed by atoms with Gasteiger partial charge < -0.3 is 15.3 Å². The van der Waals surface area contributed by atoms with Gasteiger partial charge in [-0.2, -0.15) is 13.2 Å². The smallest absolute Gasteiger partial charge is 0.389 e. The Morgan fingerprint density at radius 1 is 1.38 bits per heavy atom. The molecule has 1 aliphatic rings. The number of halogens is 3. The van der Waals surface area contributed by atoms with E-state index >= 15 is 0 Å². The third kappa shape index (κ3) is 4.63. The van der Waals surface area contributed by atoms with Crippen molar-refractivity contribution in [3.05, 3.63) is 29.8 Å². The van der Waals surface area contributed by atoms with Gasteiger partial charge in [0.15, 0.2) is 0 Å². The summed E-state index contributed by atoms with van der Waals surface area (Å²) in [5.74, 6) is 0. The maximum Gasteiger partial charge on any atom is 0.389 e. The molecule has 0 spiro atoms. The largest absolute Gasteiger partial charge is 0.391 e. The van der Waals surface area contributed by atoms with E-state index in [4.69, 9.17) is 0 Å². The first-order chi connectivity index (χ1) is 9.85. The fourth-order valence-electron chi connectivity index (χ4n) is 2.26. The maximum atomic E-state index is 12.3. The summed E-state index contributed by atoms with van der Waals surface area (Å²) in [7, 11) is 0. The molecule has 7 heteroatoms. The number of hydrogen-bond donors (Lipinski definition) is 2. The summed E-state index contributed by atoms with van der Waals surface area (Å²) in [6.45, 7) is 0.689. The Hall–Kier alpha value is -1.76. The van der Waals surface area contributed by atoms with Gasteiger partial charge in [0.2, 0.25) is 0 Å². The number of alkyl halides is 3. The quantitative estimate of drug-likeness (QED) is 0.902. The Balaban J connectivity index is 2.01. The average Bonchev–Trinajstić information content (AvgIpc) is 2.83. The molecule has 116 valence electrons. The first-order valence-corrected chi connectivity index (χ1v) is 6.74. The number of aliphatic hydroxyl groups is 1. The van der Waals surface area contributed by atoms with Gasteiger partial charge in [-0.3, -0.25) is 0 Å². The Bertz CT molecular complexity index is 505. The first kappa shape index (κ1) is 15.6. The molecule has 1 heterocycles. The molecule has 1 atom stereocenters. The van der Waals surface area contributed by atoms with Gasteiger partial charge in [0.05, 0.1) is 6.10 Å². The maximum absolute atomic E-state index is 12.3. The number of para-hydroxylation sites is 1. The minimum Gasteiger partial charge on any atom is -0.391 e. The van der Waals surface area contributed by atoms with Gasteiger partial charge in [-0.25, -0.2) is 4.79 Å². The highest BCUT2D eigenvalue weighted by Crippen LogP contribution is 2.25. The molecule has 0 aliphatic carbocycles. The lowest BCUT2D eigenvalue weighted by molar-refractivity contribution is -0.133. The predicted octanol–water partition coefficient (Wildman–Crippen LogP) is 2.78. The molecule has 2 rings (SSSR count). The van der Waals surface area contributed by atoms with Crippen LogP contribution >= 0.6 is 0 Å². The topological polar surface area (TPSA) is 52.6 Å². The van der Waals surface area contributed by atoms with Gasteiger partial charge in [0.1, 0.15) is 0 Å². The van der Waals surface area contributed by atoms with E-state index in [2.05, 4.69) is 5.32 Å². The summed E-state index contributed by atoms with van der Waals surface area (Å²) in [5.41, 5.74) is 0.830. The van der Waals surface area contributed by atoms with Crippen LogP contribution in [0.1, 0.15) is 18.4 Å². The van der Waals surface area contributed by atoms with E-state index in [1.165, 1.54) is 4.90 Å². The summed E-state index contributed by atoms with van der Waals surface area (Å²) in [5, 5.41) is 12.0. The van der Waals surface area contributed by atoms with Crippen molar-refractivity contribution in [3.63, 3.8) is 0 Å². The molecule has 1 saturated heterocycles. The van der Waals surface area contributed by atoms with Gasteiger partial charge in [0, 0.05) is 25.2 Å². The number of aryl methyl sites for hydroxylation is 1. The van der Waals surface area contributed by atoms with Crippen LogP contribution < -0.4 is 5.32 Å². The van der Waals surface area contributed by atoms with Crippen LogP contribution in [0.25, 0.3) is 0 Å². The van der Waals surface area contributed by atoms with Crippen molar-refractivity contribution in [1.82, 2.24) is 4.90 Å². The van der Waals surface area contributed by atoms with Crippen LogP contribution in [-0.4, -0.2) is 41.4 Å². The molecular weight excluding hydrogens is 285 g/mol. The van der Waals surface area contributed by atoms with Crippen LogP contribution in [0.5, 0.6) is 0 Å². The highest BCUT2D eigenvalue weighted by molar-refractivity contribution is 5.90. The predicted molar refractivity (Wildman–Crippen MR) is 72.0 cm³/mol. The van der Waals surface area contributed by atoms with Gasteiger partial charge >= 0.3 is 12.2 Å². The van der Waals surface area contributed by atoms with Crippen LogP contribution in [0, 0.1) is 0 Å². The Kier molecular flexibility index (Phi) is 4.72. The molecule has 1 fully saturated rings. The van der Waals surface area contributed by atoms with Crippen LogP contribution in [0.4, 0.5) is 23.7 Å². The lowest BCUT2D eigenvalue weighted by Crippen LogP contribution is -2.33. The molecule has 2 amide bonds. The number of anilines is 1. The van der Waals surface area contributed by atoms with Crippen molar-refractivity contribution in [1.29, 1.82) is 0 Å². The van der Waals surface area contributed by atoms with E-state index in [-0.39, 0.29) is 13.0 Å². The van der Waals surface area contributed by atoms with Gasteiger partial charge in [-0.05, 0) is 24.5 Å². The number of likely N-dealkylation sites (tertiary alicyclic amines) is 1. The minimum atomic E-state index is -4.23. The first-order valence-electron chi connectivity index (χ1n) is 6.74. The number of hydrogen-bond acceptors (Lipinski definition) is 2. The zero-order chi connectivity index (χ0) is 15.5. The van der Waals surface area contributed by atoms with Crippen molar-refractivity contribution >= 4 is 11.7 Å². The third-order valence-electron chi connectivity index (χ3n) is 3.39. The van der Waals surface area contributed by atoms with E-state index in [1.54, 1.807) is 24.3 Å². The van der Waals surface area contributed by atoms with E-state index in [9.17, 15) is 23.1 Å². The van der Waals surface area contributed by atoms with Crippen molar-refractivity contribution in [2.24, 2.45) is 0 Å². The lowest BCUT2D eigenvalue weighted by Gasteiger charge is -2.18. The number of aliphatic hydroxyl groups excluding tert-OH is 1. The molecule has 4 nitrogen and oxygen atoms in total. The van der Waals surface area contributed by atoms with Crippen molar-refractivity contribution in [3.8, 4) is 0 Å². The number of nitrogens with zero attached hydrogens (tertiary/aromatic N) is 1. The second-order valence-electron chi connectivity index (χ2n) is 5.09. The van der Waals surface area contributed by atoms with Gasteiger partial charge in [-0.15, -0.1) is 0 Å². The minimum absolute atomic E-state index is 0.178. The molecular formula is C14H17F3N2O2. The van der Waals surface area contributed by atoms with E-state index < -0.39 is 24.7 Å². The SMILES string of the molecule is O=C(Nc1ccccc1CCC(F)(F)F)N1CCC(O)C1. The second kappa shape index (κ2) is 6.34. The Morgan fingerprint density at radius 3 is 2.71 bits per heavy atom. The normalized spacial score (nSPS) is 18.9. The van der Waals surface area contributed by atoms with Gasteiger partial charge in [-0.1, -0.05) is 18.2 Å². The van der Waals surface area contributed by atoms with E-state index in [1.807, 2.05) is 0 Å². The molecule has 0 bridgehead atoms. The highest BCUT2D eigenvalue weighted by atomic mass is 19.4. The molecule has 1 aromatic carbocycles. The number of urea groups is 1. The number of amides is 2. The molecule has 2 N–H and O–H groups in total. The van der Waals surface area contributed by atoms with Crippen molar-refractivity contribution in [2.75, 3.05) is 18.4 Å². The Labute approximate surface area is 120 Å². The molecule has 0 saturated carbocycles. The number of carbonyl (C=O) groups excluding carboxylic acids is 1. The number of carbonyl (C=O) groups is 1. The zero-order valence-electron chi connectivity index (χ0n) is 11.4. The summed E-state index contributed by atoms with van der Waals surface area (Å²) < 4.78 is 36.9. The number of benzene rings is 1. The Morgan fingerprint density at radius 2 is 2.10 bits per heavy atom. The van der Waals surface area contributed by atoms with Crippen molar-refractivity contribution in [2.45, 2.75) is 31.5 Å².